The Hall–Kier alpha value is -2.21. The highest BCUT2D eigenvalue weighted by Gasteiger charge is 2.55. The van der Waals surface area contributed by atoms with Crippen molar-refractivity contribution in [1.29, 1.82) is 0 Å². The van der Waals surface area contributed by atoms with Crippen molar-refractivity contribution in [2.45, 2.75) is 30.8 Å². The average molecular weight is 358 g/mol. The van der Waals surface area contributed by atoms with Crippen LogP contribution in [0.15, 0.2) is 41.2 Å². The van der Waals surface area contributed by atoms with Gasteiger partial charge in [-0.15, -0.1) is 0 Å². The molecule has 6 rings (SSSR count). The zero-order valence-electron chi connectivity index (χ0n) is 14.3. The molecule has 6 heteroatoms. The van der Waals surface area contributed by atoms with Gasteiger partial charge in [0.15, 0.2) is 11.6 Å². The molecular formula is C20H20F2N2O2. The highest BCUT2D eigenvalue weighted by Crippen LogP contribution is 2.47. The first-order valence-electron chi connectivity index (χ1n) is 9.16. The van der Waals surface area contributed by atoms with Crippen LogP contribution in [0.2, 0.25) is 0 Å². The number of amides is 1. The Morgan fingerprint density at radius 1 is 1.12 bits per heavy atom. The zero-order valence-corrected chi connectivity index (χ0v) is 14.3. The van der Waals surface area contributed by atoms with E-state index in [4.69, 9.17) is 4.42 Å². The summed E-state index contributed by atoms with van der Waals surface area (Å²) in [6.07, 6.45) is 5.04. The molecular weight excluding hydrogens is 338 g/mol. The molecule has 0 spiro atoms. The van der Waals surface area contributed by atoms with Crippen LogP contribution in [0.4, 0.5) is 8.78 Å². The second kappa shape index (κ2) is 5.91. The number of benzene rings is 1. The number of hydrogen-bond acceptors (Lipinski definition) is 3. The van der Waals surface area contributed by atoms with Crippen LogP contribution in [0.25, 0.3) is 0 Å². The number of likely N-dealkylation sites (tertiary alicyclic amines) is 1. The normalized spacial score (nSPS) is 32.7. The second-order valence-electron chi connectivity index (χ2n) is 7.57. The maximum absolute atomic E-state index is 14.5. The van der Waals surface area contributed by atoms with Crippen LogP contribution in [0.1, 0.15) is 34.7 Å². The van der Waals surface area contributed by atoms with E-state index >= 15 is 0 Å². The third kappa shape index (κ3) is 2.24. The summed E-state index contributed by atoms with van der Waals surface area (Å²) in [5.74, 6) is -1.48. The fraction of sp³-hybridized carbons (Fsp3) is 0.450. The predicted octanol–water partition coefficient (Wildman–Crippen LogP) is 3.26. The lowest BCUT2D eigenvalue weighted by molar-refractivity contribution is -0.00361. The van der Waals surface area contributed by atoms with Gasteiger partial charge in [-0.2, -0.15) is 0 Å². The summed E-state index contributed by atoms with van der Waals surface area (Å²) in [7, 11) is 0. The van der Waals surface area contributed by atoms with E-state index in [2.05, 4.69) is 4.90 Å². The van der Waals surface area contributed by atoms with Crippen LogP contribution in [0.5, 0.6) is 0 Å². The number of carbonyl (C=O) groups is 1. The monoisotopic (exact) mass is 358 g/mol. The third-order valence-corrected chi connectivity index (χ3v) is 6.40. The van der Waals surface area contributed by atoms with Crippen LogP contribution in [0, 0.1) is 17.6 Å². The smallest absolute Gasteiger partial charge is 0.257 e. The van der Waals surface area contributed by atoms with E-state index in [0.717, 1.165) is 32.0 Å². The van der Waals surface area contributed by atoms with Crippen molar-refractivity contribution >= 4 is 5.91 Å². The first-order valence-corrected chi connectivity index (χ1v) is 9.16. The van der Waals surface area contributed by atoms with Crippen LogP contribution < -0.4 is 0 Å². The molecule has 4 fully saturated rings. The predicted molar refractivity (Wildman–Crippen MR) is 90.7 cm³/mol. The second-order valence-corrected chi connectivity index (χ2v) is 7.57. The first kappa shape index (κ1) is 16.0. The van der Waals surface area contributed by atoms with Crippen molar-refractivity contribution in [1.82, 2.24) is 9.80 Å². The van der Waals surface area contributed by atoms with Gasteiger partial charge in [0.1, 0.15) is 6.26 Å². The highest BCUT2D eigenvalue weighted by atomic mass is 19.2. The molecule has 1 aromatic carbocycles. The fourth-order valence-electron chi connectivity index (χ4n) is 5.29. The fourth-order valence-corrected chi connectivity index (χ4v) is 5.29. The van der Waals surface area contributed by atoms with Gasteiger partial charge >= 0.3 is 0 Å². The summed E-state index contributed by atoms with van der Waals surface area (Å²) in [6.45, 7) is 2.34. The number of fused-ring (bicyclic) bond motifs is 2. The van der Waals surface area contributed by atoms with E-state index in [1.54, 1.807) is 18.2 Å². The van der Waals surface area contributed by atoms with Gasteiger partial charge in [0.2, 0.25) is 0 Å². The molecule has 1 aromatic heterocycles. The molecule has 4 aliphatic heterocycles. The van der Waals surface area contributed by atoms with Gasteiger partial charge < -0.3 is 9.32 Å². The topological polar surface area (TPSA) is 36.7 Å². The summed E-state index contributed by atoms with van der Waals surface area (Å²) < 4.78 is 33.5. The number of piperidine rings is 3. The zero-order chi connectivity index (χ0) is 17.8. The number of hydrogen-bond donors (Lipinski definition) is 0. The van der Waals surface area contributed by atoms with Gasteiger partial charge in [0.25, 0.3) is 5.91 Å². The Morgan fingerprint density at radius 2 is 1.92 bits per heavy atom. The summed E-state index contributed by atoms with van der Waals surface area (Å²) in [5.41, 5.74) is 0.899. The lowest BCUT2D eigenvalue weighted by Crippen LogP contribution is -2.60. The minimum atomic E-state index is -0.824. The minimum absolute atomic E-state index is 0.0487. The minimum Gasteiger partial charge on any atom is -0.472 e. The molecule has 4 aliphatic rings. The maximum Gasteiger partial charge on any atom is 0.257 e. The molecule has 2 aromatic rings. The van der Waals surface area contributed by atoms with E-state index < -0.39 is 11.6 Å². The molecule has 4 saturated heterocycles. The van der Waals surface area contributed by atoms with E-state index in [9.17, 15) is 13.6 Å². The third-order valence-electron chi connectivity index (χ3n) is 6.40. The van der Waals surface area contributed by atoms with Crippen molar-refractivity contribution in [3.8, 4) is 0 Å². The van der Waals surface area contributed by atoms with E-state index in [1.807, 2.05) is 4.90 Å². The van der Waals surface area contributed by atoms with Crippen molar-refractivity contribution in [2.75, 3.05) is 19.6 Å². The molecule has 0 radical (unpaired) electrons. The van der Waals surface area contributed by atoms with Crippen LogP contribution in [0.3, 0.4) is 0 Å². The first-order chi connectivity index (χ1) is 12.6. The van der Waals surface area contributed by atoms with E-state index in [0.29, 0.717) is 23.6 Å². The highest BCUT2D eigenvalue weighted by molar-refractivity contribution is 5.94. The van der Waals surface area contributed by atoms with Gasteiger partial charge in [-0.3, -0.25) is 9.69 Å². The van der Waals surface area contributed by atoms with Gasteiger partial charge in [-0.05, 0) is 49.5 Å². The van der Waals surface area contributed by atoms with Crippen LogP contribution in [-0.2, 0) is 0 Å². The quantitative estimate of drug-likeness (QED) is 0.827. The molecule has 4 nitrogen and oxygen atoms in total. The van der Waals surface area contributed by atoms with Crippen LogP contribution >= 0.6 is 0 Å². The Labute approximate surface area is 150 Å². The summed E-state index contributed by atoms with van der Waals surface area (Å²) in [6, 6.07) is 6.12. The number of carbonyl (C=O) groups excluding carboxylic acids is 1. The Balaban J connectivity index is 1.57. The Bertz CT molecular complexity index is 830. The van der Waals surface area contributed by atoms with Gasteiger partial charge in [0, 0.05) is 18.5 Å². The number of halogens is 2. The maximum atomic E-state index is 14.5. The Kier molecular flexibility index (Phi) is 3.64. The van der Waals surface area contributed by atoms with E-state index in [1.165, 1.54) is 12.5 Å². The van der Waals surface area contributed by atoms with Crippen molar-refractivity contribution in [3.05, 3.63) is 59.6 Å². The van der Waals surface area contributed by atoms with Gasteiger partial charge in [0.05, 0.1) is 17.9 Å². The molecule has 0 unspecified atom stereocenters. The number of nitrogens with zero attached hydrogens (tertiary/aromatic N) is 2. The van der Waals surface area contributed by atoms with E-state index in [-0.39, 0.29) is 23.9 Å². The lowest BCUT2D eigenvalue weighted by atomic mass is 9.75. The molecule has 26 heavy (non-hydrogen) atoms. The van der Waals surface area contributed by atoms with Gasteiger partial charge in [-0.1, -0.05) is 12.1 Å². The van der Waals surface area contributed by atoms with Crippen molar-refractivity contribution in [3.63, 3.8) is 0 Å². The summed E-state index contributed by atoms with van der Waals surface area (Å²) in [4.78, 5) is 17.3. The molecule has 136 valence electrons. The SMILES string of the molecule is O=C(c1ccoc1)N1C[C@H](c2cccc(F)c2F)[C@H]2[C@@H]1C1CCN2CC1. The van der Waals surface area contributed by atoms with Crippen LogP contribution in [-0.4, -0.2) is 47.4 Å². The van der Waals surface area contributed by atoms with Crippen molar-refractivity contribution < 1.29 is 18.0 Å². The molecule has 3 atom stereocenters. The summed E-state index contributed by atoms with van der Waals surface area (Å²) >= 11 is 0. The van der Waals surface area contributed by atoms with Gasteiger partial charge in [-0.25, -0.2) is 8.78 Å². The molecule has 0 N–H and O–H groups in total. The average Bonchev–Trinajstić information content (AvgIpc) is 3.33. The standard InChI is InChI=1S/C20H20F2N2O2/c21-16-3-1-2-14(17(16)22)15-10-24(20(25)13-6-9-26-11-13)18-12-4-7-23(8-5-12)19(15)18/h1-3,6,9,11-12,15,18-19H,4-5,7-8,10H2/t15-,18+,19+/m1/s1. The number of furan rings is 1. The van der Waals surface area contributed by atoms with Crippen molar-refractivity contribution in [2.24, 2.45) is 5.92 Å². The Morgan fingerprint density at radius 3 is 2.65 bits per heavy atom. The largest absolute Gasteiger partial charge is 0.472 e. The lowest BCUT2D eigenvalue weighted by Gasteiger charge is -2.51. The molecule has 0 aliphatic carbocycles. The molecule has 1 amide bonds. The number of rotatable bonds is 2. The molecule has 0 saturated carbocycles. The summed E-state index contributed by atoms with van der Waals surface area (Å²) in [5, 5.41) is 0. The molecule has 5 heterocycles. The molecule has 2 bridgehead atoms.